The van der Waals surface area contributed by atoms with Gasteiger partial charge in [-0.05, 0) is 73.1 Å². The van der Waals surface area contributed by atoms with E-state index in [9.17, 15) is 0 Å². The normalized spacial score (nSPS) is 13.4. The van der Waals surface area contributed by atoms with Crippen molar-refractivity contribution in [3.8, 4) is 33.4 Å². The molecular formula is C38H24O. The molecule has 1 nitrogen and oxygen atoms in total. The average Bonchev–Trinajstić information content (AvgIpc) is 3.43. The van der Waals surface area contributed by atoms with E-state index >= 15 is 0 Å². The van der Waals surface area contributed by atoms with Crippen LogP contribution in [0.5, 0.6) is 0 Å². The van der Waals surface area contributed by atoms with Crippen LogP contribution in [-0.2, 0) is 0 Å². The minimum Gasteiger partial charge on any atom is -0.456 e. The Balaban J connectivity index is 1.57. The van der Waals surface area contributed by atoms with Gasteiger partial charge in [0.1, 0.15) is 11.2 Å². The van der Waals surface area contributed by atoms with Crippen LogP contribution >= 0.6 is 0 Å². The molecule has 0 fully saturated rings. The molecule has 0 amide bonds. The Morgan fingerprint density at radius 1 is 0.410 bits per heavy atom. The predicted octanol–water partition coefficient (Wildman–Crippen LogP) is 10.9. The Kier molecular flexibility index (Phi) is 3.89. The van der Waals surface area contributed by atoms with Gasteiger partial charge in [0.25, 0.3) is 0 Å². The molecule has 7 aromatic carbocycles. The first kappa shape index (κ1) is 17.4. The lowest BCUT2D eigenvalue weighted by atomic mass is 9.83. The van der Waals surface area contributed by atoms with E-state index in [0.29, 0.717) is 5.56 Å². The van der Waals surface area contributed by atoms with Crippen LogP contribution in [0.4, 0.5) is 0 Å². The molecule has 8 aromatic rings. The highest BCUT2D eigenvalue weighted by molar-refractivity contribution is 6.23. The summed E-state index contributed by atoms with van der Waals surface area (Å²) in [6.45, 7) is 0. The van der Waals surface area contributed by atoms with Crippen molar-refractivity contribution < 1.29 is 11.3 Å². The van der Waals surface area contributed by atoms with Gasteiger partial charge in [0, 0.05) is 10.8 Å². The monoisotopic (exact) mass is 501 g/mol. The second-order valence-corrected chi connectivity index (χ2v) is 9.70. The Morgan fingerprint density at radius 3 is 1.64 bits per heavy atom. The maximum atomic E-state index is 8.85. The molecule has 0 saturated carbocycles. The highest BCUT2D eigenvalue weighted by Gasteiger charge is 2.20. The number of para-hydroxylation sites is 1. The van der Waals surface area contributed by atoms with Crippen LogP contribution in [0.25, 0.3) is 76.9 Å². The summed E-state index contributed by atoms with van der Waals surface area (Å²) in [7, 11) is 0. The second kappa shape index (κ2) is 8.72. The van der Waals surface area contributed by atoms with E-state index in [1.54, 1.807) is 0 Å². The zero-order valence-electron chi connectivity index (χ0n) is 25.9. The number of benzene rings is 7. The maximum Gasteiger partial charge on any atom is 0.136 e. The van der Waals surface area contributed by atoms with Gasteiger partial charge >= 0.3 is 0 Å². The first-order valence-electron chi connectivity index (χ1n) is 15.5. The van der Waals surface area contributed by atoms with Crippen molar-refractivity contribution in [1.29, 1.82) is 0 Å². The molecule has 0 radical (unpaired) electrons. The maximum absolute atomic E-state index is 8.85. The number of rotatable bonds is 3. The SMILES string of the molecule is [2H]c1c([2H])c([2H])c(-c2c3ccccc3c(-c3cc4oc5ccccc5c4cc3-c3ccccc3)c3ccccc23)c([2H])c1[2H]. The number of furan rings is 1. The standard InChI is InChI=1S/C38H24O/c1-3-13-25(14-4-1)32-23-33-27-17-11-12-22-35(27)39-36(33)24-34(32)38-30-20-9-7-18-28(30)37(26-15-5-2-6-16-26)29-19-8-10-21-31(29)38/h1-24H/i2D,5D,6D,15D,16D. The van der Waals surface area contributed by atoms with Gasteiger partial charge in [-0.1, -0.05) is 127 Å². The molecule has 1 heteroatoms. The van der Waals surface area contributed by atoms with Crippen LogP contribution in [-0.4, -0.2) is 0 Å². The van der Waals surface area contributed by atoms with E-state index in [4.69, 9.17) is 11.3 Å². The Bertz CT molecular complexity index is 2360. The van der Waals surface area contributed by atoms with Crippen LogP contribution in [0.1, 0.15) is 6.85 Å². The summed E-state index contributed by atoms with van der Waals surface area (Å²) in [4.78, 5) is 0. The van der Waals surface area contributed by atoms with E-state index in [0.717, 1.165) is 65.7 Å². The fourth-order valence-electron chi connectivity index (χ4n) is 5.90. The van der Waals surface area contributed by atoms with Gasteiger partial charge in [0.15, 0.2) is 0 Å². The molecule has 0 unspecified atom stereocenters. The number of fused-ring (bicyclic) bond motifs is 5. The summed E-state index contributed by atoms with van der Waals surface area (Å²) in [5, 5.41) is 5.54. The molecule has 0 N–H and O–H groups in total. The van der Waals surface area contributed by atoms with Crippen molar-refractivity contribution in [1.82, 2.24) is 0 Å². The van der Waals surface area contributed by atoms with Gasteiger partial charge in [-0.2, -0.15) is 0 Å². The molecule has 0 saturated heterocycles. The summed E-state index contributed by atoms with van der Waals surface area (Å²) in [6, 6.07) is 37.0. The Morgan fingerprint density at radius 2 is 0.974 bits per heavy atom. The van der Waals surface area contributed by atoms with E-state index in [-0.39, 0.29) is 29.7 Å². The van der Waals surface area contributed by atoms with Crippen molar-refractivity contribution in [2.24, 2.45) is 0 Å². The van der Waals surface area contributed by atoms with E-state index in [1.807, 2.05) is 84.9 Å². The van der Waals surface area contributed by atoms with Crippen molar-refractivity contribution in [3.05, 3.63) is 145 Å². The lowest BCUT2D eigenvalue weighted by molar-refractivity contribution is 0.669. The van der Waals surface area contributed by atoms with Gasteiger partial charge < -0.3 is 4.42 Å². The van der Waals surface area contributed by atoms with Gasteiger partial charge in [0.05, 0.1) is 6.85 Å². The molecule has 0 spiro atoms. The summed E-state index contributed by atoms with van der Waals surface area (Å²) < 4.78 is 49.1. The topological polar surface area (TPSA) is 13.1 Å². The molecule has 0 aliphatic carbocycles. The molecule has 0 aliphatic heterocycles. The fourth-order valence-corrected chi connectivity index (χ4v) is 5.90. The van der Waals surface area contributed by atoms with E-state index in [1.165, 1.54) is 0 Å². The van der Waals surface area contributed by atoms with Crippen LogP contribution < -0.4 is 0 Å². The molecular weight excluding hydrogens is 472 g/mol. The fraction of sp³-hybridized carbons (Fsp3) is 0. The zero-order chi connectivity index (χ0) is 30.1. The molecule has 1 heterocycles. The smallest absolute Gasteiger partial charge is 0.136 e. The lowest BCUT2D eigenvalue weighted by Crippen LogP contribution is -1.93. The third kappa shape index (κ3) is 3.41. The van der Waals surface area contributed by atoms with Gasteiger partial charge in [-0.15, -0.1) is 0 Å². The minimum absolute atomic E-state index is 0.200. The van der Waals surface area contributed by atoms with E-state index < -0.39 is 6.04 Å². The first-order chi connectivity index (χ1) is 21.4. The molecule has 182 valence electrons. The second-order valence-electron chi connectivity index (χ2n) is 9.70. The summed E-state index contributed by atoms with van der Waals surface area (Å²) >= 11 is 0. The first-order valence-corrected chi connectivity index (χ1v) is 13.0. The van der Waals surface area contributed by atoms with Crippen LogP contribution in [0, 0.1) is 0 Å². The molecule has 0 aliphatic rings. The van der Waals surface area contributed by atoms with Gasteiger partial charge in [0.2, 0.25) is 0 Å². The number of hydrogen-bond acceptors (Lipinski definition) is 1. The Hall–Kier alpha value is -5.14. The van der Waals surface area contributed by atoms with Gasteiger partial charge in [-0.3, -0.25) is 0 Å². The third-order valence-electron chi connectivity index (χ3n) is 7.55. The molecule has 1 aromatic heterocycles. The lowest BCUT2D eigenvalue weighted by Gasteiger charge is -2.19. The molecule has 8 rings (SSSR count). The van der Waals surface area contributed by atoms with E-state index in [2.05, 4.69) is 30.3 Å². The summed E-state index contributed by atoms with van der Waals surface area (Å²) in [6.07, 6.45) is 0. The van der Waals surface area contributed by atoms with Crippen molar-refractivity contribution >= 4 is 43.5 Å². The Labute approximate surface area is 233 Å². The molecule has 0 bridgehead atoms. The van der Waals surface area contributed by atoms with Crippen LogP contribution in [0.3, 0.4) is 0 Å². The van der Waals surface area contributed by atoms with Crippen LogP contribution in [0.2, 0.25) is 0 Å². The highest BCUT2D eigenvalue weighted by Crippen LogP contribution is 2.47. The van der Waals surface area contributed by atoms with Crippen molar-refractivity contribution in [2.75, 3.05) is 0 Å². The highest BCUT2D eigenvalue weighted by atomic mass is 16.3. The van der Waals surface area contributed by atoms with Crippen LogP contribution in [0.15, 0.2) is 150 Å². The largest absolute Gasteiger partial charge is 0.456 e. The third-order valence-corrected chi connectivity index (χ3v) is 7.55. The predicted molar refractivity (Wildman–Crippen MR) is 165 cm³/mol. The summed E-state index contributed by atoms with van der Waals surface area (Å²) in [5.74, 6) is 0. The zero-order valence-corrected chi connectivity index (χ0v) is 20.9. The molecule has 39 heavy (non-hydrogen) atoms. The van der Waals surface area contributed by atoms with Crippen molar-refractivity contribution in [3.63, 3.8) is 0 Å². The minimum atomic E-state index is -0.402. The average molecular weight is 502 g/mol. The van der Waals surface area contributed by atoms with Gasteiger partial charge in [-0.25, -0.2) is 0 Å². The summed E-state index contributed by atoms with van der Waals surface area (Å²) in [5.41, 5.74) is 6.53. The quantitative estimate of drug-likeness (QED) is 0.219. The van der Waals surface area contributed by atoms with Crippen molar-refractivity contribution in [2.45, 2.75) is 0 Å². The number of hydrogen-bond donors (Lipinski definition) is 0. The molecule has 0 atom stereocenters.